The Balaban J connectivity index is 1.79. The fourth-order valence-electron chi connectivity index (χ4n) is 3.38. The summed E-state index contributed by atoms with van der Waals surface area (Å²) < 4.78 is 32.2. The number of nitrogens with one attached hydrogen (secondary N) is 1. The van der Waals surface area contributed by atoms with Gasteiger partial charge in [-0.2, -0.15) is 0 Å². The standard InChI is InChI=1S/C25H28N2O4S/c1-5-24(27(32(4,29)30)21-14-11-18(2)19(3)17-21)25(28)26-20-12-15-23(16-13-20)31-22-9-7-6-8-10-22/h6-17,24H,5H2,1-4H3,(H,26,28). The number of benzene rings is 3. The number of ether oxygens (including phenoxy) is 1. The van der Waals surface area contributed by atoms with E-state index in [2.05, 4.69) is 5.32 Å². The molecule has 0 heterocycles. The minimum atomic E-state index is -3.69. The molecule has 0 fully saturated rings. The van der Waals surface area contributed by atoms with Gasteiger partial charge in [-0.1, -0.05) is 31.2 Å². The lowest BCUT2D eigenvalue weighted by Crippen LogP contribution is -2.47. The topological polar surface area (TPSA) is 75.7 Å². The summed E-state index contributed by atoms with van der Waals surface area (Å²) in [6.07, 6.45) is 1.44. The highest BCUT2D eigenvalue weighted by atomic mass is 32.2. The van der Waals surface area contributed by atoms with Crippen molar-refractivity contribution in [3.05, 3.63) is 83.9 Å². The maximum Gasteiger partial charge on any atom is 0.248 e. The number of carbonyl (C=O) groups is 1. The number of hydrogen-bond acceptors (Lipinski definition) is 4. The second-order valence-corrected chi connectivity index (χ2v) is 9.54. The van der Waals surface area contributed by atoms with E-state index in [4.69, 9.17) is 4.74 Å². The van der Waals surface area contributed by atoms with Crippen LogP contribution in [0.2, 0.25) is 0 Å². The number of para-hydroxylation sites is 1. The second-order valence-electron chi connectivity index (χ2n) is 7.68. The Morgan fingerprint density at radius 3 is 2.12 bits per heavy atom. The van der Waals surface area contributed by atoms with Crippen LogP contribution in [-0.4, -0.2) is 26.6 Å². The van der Waals surface area contributed by atoms with Crippen LogP contribution in [0.15, 0.2) is 72.8 Å². The molecule has 0 radical (unpaired) electrons. The van der Waals surface area contributed by atoms with Crippen LogP contribution in [0.4, 0.5) is 11.4 Å². The van der Waals surface area contributed by atoms with Gasteiger partial charge in [0.15, 0.2) is 0 Å². The molecule has 3 aromatic carbocycles. The van der Waals surface area contributed by atoms with E-state index in [0.29, 0.717) is 29.3 Å². The van der Waals surface area contributed by atoms with Gasteiger partial charge in [0, 0.05) is 5.69 Å². The monoisotopic (exact) mass is 452 g/mol. The van der Waals surface area contributed by atoms with Crippen LogP contribution in [0, 0.1) is 13.8 Å². The lowest BCUT2D eigenvalue weighted by molar-refractivity contribution is -0.117. The van der Waals surface area contributed by atoms with Crippen LogP contribution in [0.1, 0.15) is 24.5 Å². The first-order chi connectivity index (χ1) is 15.2. The van der Waals surface area contributed by atoms with Gasteiger partial charge in [-0.25, -0.2) is 8.42 Å². The highest BCUT2D eigenvalue weighted by Crippen LogP contribution is 2.27. The van der Waals surface area contributed by atoms with E-state index in [1.165, 1.54) is 4.31 Å². The van der Waals surface area contributed by atoms with E-state index >= 15 is 0 Å². The maximum atomic E-state index is 13.1. The van der Waals surface area contributed by atoms with Crippen LogP contribution in [0.3, 0.4) is 0 Å². The summed E-state index contributed by atoms with van der Waals surface area (Å²) in [5.41, 5.74) is 3.05. The first-order valence-corrected chi connectivity index (χ1v) is 12.2. The molecule has 0 aromatic heterocycles. The van der Waals surface area contributed by atoms with Crippen molar-refractivity contribution >= 4 is 27.3 Å². The number of rotatable bonds is 8. The van der Waals surface area contributed by atoms with E-state index in [1.807, 2.05) is 50.2 Å². The third-order valence-corrected chi connectivity index (χ3v) is 6.36. The second kappa shape index (κ2) is 9.87. The first kappa shape index (κ1) is 23.3. The predicted molar refractivity (Wildman–Crippen MR) is 129 cm³/mol. The van der Waals surface area contributed by atoms with E-state index < -0.39 is 22.0 Å². The summed E-state index contributed by atoms with van der Waals surface area (Å²) in [6.45, 7) is 5.67. The molecule has 0 bridgehead atoms. The molecule has 7 heteroatoms. The van der Waals surface area contributed by atoms with Crippen molar-refractivity contribution in [1.29, 1.82) is 0 Å². The Morgan fingerprint density at radius 1 is 0.938 bits per heavy atom. The van der Waals surface area contributed by atoms with E-state index in [0.717, 1.165) is 17.4 Å². The van der Waals surface area contributed by atoms with Gasteiger partial charge in [0.1, 0.15) is 17.5 Å². The van der Waals surface area contributed by atoms with Crippen LogP contribution in [0.25, 0.3) is 0 Å². The van der Waals surface area contributed by atoms with Gasteiger partial charge >= 0.3 is 0 Å². The minimum absolute atomic E-state index is 0.320. The average molecular weight is 453 g/mol. The summed E-state index contributed by atoms with van der Waals surface area (Å²) in [5, 5.41) is 2.83. The highest BCUT2D eigenvalue weighted by Gasteiger charge is 2.31. The molecule has 32 heavy (non-hydrogen) atoms. The molecule has 0 saturated carbocycles. The molecule has 1 amide bonds. The van der Waals surface area contributed by atoms with Gasteiger partial charge in [0.25, 0.3) is 0 Å². The molecule has 0 aliphatic carbocycles. The van der Waals surface area contributed by atoms with Gasteiger partial charge in [-0.05, 0) is 79.9 Å². The van der Waals surface area contributed by atoms with E-state index in [1.54, 1.807) is 43.3 Å². The summed E-state index contributed by atoms with van der Waals surface area (Å²) in [6, 6.07) is 20.9. The van der Waals surface area contributed by atoms with E-state index in [-0.39, 0.29) is 0 Å². The molecule has 0 saturated heterocycles. The van der Waals surface area contributed by atoms with Gasteiger partial charge in [0.05, 0.1) is 11.9 Å². The fourth-order valence-corrected chi connectivity index (χ4v) is 4.58. The number of amides is 1. The lowest BCUT2D eigenvalue weighted by Gasteiger charge is -2.30. The Morgan fingerprint density at radius 2 is 1.56 bits per heavy atom. The molecule has 6 nitrogen and oxygen atoms in total. The van der Waals surface area contributed by atoms with Crippen molar-refractivity contribution in [1.82, 2.24) is 0 Å². The molecule has 0 spiro atoms. The molecule has 1 N–H and O–H groups in total. The molecule has 168 valence electrons. The molecule has 1 unspecified atom stereocenters. The van der Waals surface area contributed by atoms with Crippen LogP contribution >= 0.6 is 0 Å². The number of nitrogens with zero attached hydrogens (tertiary/aromatic N) is 1. The van der Waals surface area contributed by atoms with Crippen molar-refractivity contribution in [2.24, 2.45) is 0 Å². The van der Waals surface area contributed by atoms with Crippen molar-refractivity contribution in [2.75, 3.05) is 15.9 Å². The number of carbonyl (C=O) groups excluding carboxylic acids is 1. The predicted octanol–water partition coefficient (Wildman–Crippen LogP) is 5.28. The average Bonchev–Trinajstić information content (AvgIpc) is 2.75. The van der Waals surface area contributed by atoms with Crippen molar-refractivity contribution in [2.45, 2.75) is 33.2 Å². The Kier molecular flexibility index (Phi) is 7.20. The van der Waals surface area contributed by atoms with Crippen LogP contribution < -0.4 is 14.4 Å². The number of hydrogen-bond donors (Lipinski definition) is 1. The zero-order chi connectivity index (χ0) is 23.3. The molecule has 3 rings (SSSR count). The Labute approximate surface area is 189 Å². The third kappa shape index (κ3) is 5.68. The highest BCUT2D eigenvalue weighted by molar-refractivity contribution is 7.92. The quantitative estimate of drug-likeness (QED) is 0.505. The number of sulfonamides is 1. The Bertz CT molecular complexity index is 1180. The SMILES string of the molecule is CCC(C(=O)Nc1ccc(Oc2ccccc2)cc1)N(c1ccc(C)c(C)c1)S(C)(=O)=O. The summed E-state index contributed by atoms with van der Waals surface area (Å²) in [5.74, 6) is 0.953. The molecule has 0 aliphatic rings. The minimum Gasteiger partial charge on any atom is -0.457 e. The van der Waals surface area contributed by atoms with Crippen molar-refractivity contribution in [3.63, 3.8) is 0 Å². The maximum absolute atomic E-state index is 13.1. The smallest absolute Gasteiger partial charge is 0.248 e. The van der Waals surface area contributed by atoms with Crippen LogP contribution in [-0.2, 0) is 14.8 Å². The largest absolute Gasteiger partial charge is 0.457 e. The Hall–Kier alpha value is -3.32. The van der Waals surface area contributed by atoms with Gasteiger partial charge in [0.2, 0.25) is 15.9 Å². The van der Waals surface area contributed by atoms with Gasteiger partial charge in [-0.15, -0.1) is 0 Å². The molecular weight excluding hydrogens is 424 g/mol. The van der Waals surface area contributed by atoms with Crippen LogP contribution in [0.5, 0.6) is 11.5 Å². The number of anilines is 2. The molecule has 3 aromatic rings. The van der Waals surface area contributed by atoms with Gasteiger partial charge in [-0.3, -0.25) is 9.10 Å². The zero-order valence-electron chi connectivity index (χ0n) is 18.7. The fraction of sp³-hybridized carbons (Fsp3) is 0.240. The van der Waals surface area contributed by atoms with E-state index in [9.17, 15) is 13.2 Å². The zero-order valence-corrected chi connectivity index (χ0v) is 19.5. The summed E-state index contributed by atoms with van der Waals surface area (Å²) >= 11 is 0. The summed E-state index contributed by atoms with van der Waals surface area (Å²) in [4.78, 5) is 13.1. The van der Waals surface area contributed by atoms with Crippen molar-refractivity contribution < 1.29 is 17.9 Å². The first-order valence-electron chi connectivity index (χ1n) is 10.4. The molecule has 0 aliphatic heterocycles. The molecular formula is C25H28N2O4S. The summed E-state index contributed by atoms with van der Waals surface area (Å²) in [7, 11) is -3.69. The van der Waals surface area contributed by atoms with Gasteiger partial charge < -0.3 is 10.1 Å². The normalized spacial score (nSPS) is 12.1. The van der Waals surface area contributed by atoms with Crippen molar-refractivity contribution in [3.8, 4) is 11.5 Å². The molecule has 1 atom stereocenters. The number of aryl methyl sites for hydroxylation is 2. The lowest BCUT2D eigenvalue weighted by atomic mass is 10.1. The third-order valence-electron chi connectivity index (χ3n) is 5.18.